The van der Waals surface area contributed by atoms with Crippen molar-refractivity contribution in [3.63, 3.8) is 0 Å². The van der Waals surface area contributed by atoms with E-state index < -0.39 is 11.7 Å². The lowest BCUT2D eigenvalue weighted by molar-refractivity contribution is -0.116. The van der Waals surface area contributed by atoms with Gasteiger partial charge in [0.1, 0.15) is 6.54 Å². The molecule has 1 aromatic heterocycles. The van der Waals surface area contributed by atoms with E-state index in [1.165, 1.54) is 6.20 Å². The van der Waals surface area contributed by atoms with Crippen LogP contribution in [0.25, 0.3) is 10.9 Å². The quantitative estimate of drug-likeness (QED) is 0.547. The number of hydrogen-bond donors (Lipinski definition) is 2. The van der Waals surface area contributed by atoms with Crippen molar-refractivity contribution >= 4 is 34.2 Å². The van der Waals surface area contributed by atoms with Gasteiger partial charge >= 0.3 is 0 Å². The first kappa shape index (κ1) is 17.4. The Bertz CT molecular complexity index is 1010. The van der Waals surface area contributed by atoms with Gasteiger partial charge in [-0.1, -0.05) is 36.4 Å². The molecule has 2 aromatic carbocycles. The second-order valence-electron chi connectivity index (χ2n) is 6.20. The van der Waals surface area contributed by atoms with Gasteiger partial charge in [0.25, 0.3) is 11.7 Å². The number of aryl methyl sites for hydroxylation is 2. The summed E-state index contributed by atoms with van der Waals surface area (Å²) in [4.78, 5) is 35.9. The molecule has 0 aliphatic rings. The highest BCUT2D eigenvalue weighted by Gasteiger charge is 2.20. The molecule has 0 aliphatic heterocycles. The lowest BCUT2D eigenvalue weighted by atomic mass is 10.1. The number of nitrogens with two attached hydrogens (primary N) is 1. The van der Waals surface area contributed by atoms with E-state index in [4.69, 9.17) is 5.73 Å². The highest BCUT2D eigenvalue weighted by molar-refractivity contribution is 6.44. The number of para-hydroxylation sites is 2. The van der Waals surface area contributed by atoms with E-state index >= 15 is 0 Å². The number of aromatic nitrogens is 1. The average molecular weight is 349 g/mol. The molecule has 0 bridgehead atoms. The zero-order valence-electron chi connectivity index (χ0n) is 14.6. The third kappa shape index (κ3) is 3.21. The van der Waals surface area contributed by atoms with Gasteiger partial charge in [-0.2, -0.15) is 0 Å². The Balaban J connectivity index is 1.93. The number of rotatable bonds is 5. The SMILES string of the molecule is Cc1cccc(C)c1NC(=O)Cn1cc(C(=O)C(N)=O)c2ccccc21. The van der Waals surface area contributed by atoms with E-state index in [1.54, 1.807) is 28.8 Å². The number of ketones is 1. The zero-order valence-corrected chi connectivity index (χ0v) is 14.6. The molecular weight excluding hydrogens is 330 g/mol. The van der Waals surface area contributed by atoms with E-state index in [9.17, 15) is 14.4 Å². The Morgan fingerprint density at radius 3 is 2.31 bits per heavy atom. The smallest absolute Gasteiger partial charge is 0.289 e. The van der Waals surface area contributed by atoms with Crippen LogP contribution in [-0.4, -0.2) is 22.2 Å². The van der Waals surface area contributed by atoms with Gasteiger partial charge in [0.2, 0.25) is 5.91 Å². The molecule has 3 rings (SSSR count). The van der Waals surface area contributed by atoms with E-state index in [-0.39, 0.29) is 18.0 Å². The molecule has 3 aromatic rings. The van der Waals surface area contributed by atoms with Crippen LogP contribution in [0.1, 0.15) is 21.5 Å². The van der Waals surface area contributed by atoms with Crippen molar-refractivity contribution in [3.8, 4) is 0 Å². The minimum Gasteiger partial charge on any atom is -0.363 e. The topological polar surface area (TPSA) is 94.2 Å². The molecule has 0 radical (unpaired) electrons. The van der Waals surface area contributed by atoms with Gasteiger partial charge < -0.3 is 15.6 Å². The van der Waals surface area contributed by atoms with Crippen LogP contribution in [0.5, 0.6) is 0 Å². The number of amides is 2. The van der Waals surface area contributed by atoms with Gasteiger partial charge in [-0.05, 0) is 31.0 Å². The van der Waals surface area contributed by atoms with Crippen molar-refractivity contribution in [1.82, 2.24) is 4.57 Å². The number of hydrogen-bond acceptors (Lipinski definition) is 3. The van der Waals surface area contributed by atoms with Gasteiger partial charge in [-0.25, -0.2) is 0 Å². The first-order valence-electron chi connectivity index (χ1n) is 8.16. The summed E-state index contributed by atoms with van der Waals surface area (Å²) in [5, 5.41) is 3.51. The first-order valence-corrected chi connectivity index (χ1v) is 8.16. The fraction of sp³-hybridized carbons (Fsp3) is 0.150. The third-order valence-electron chi connectivity index (χ3n) is 4.32. The van der Waals surface area contributed by atoms with Gasteiger partial charge in [0.15, 0.2) is 0 Å². The summed E-state index contributed by atoms with van der Waals surface area (Å²) in [5.74, 6) is -2.01. The van der Waals surface area contributed by atoms with Crippen molar-refractivity contribution in [2.45, 2.75) is 20.4 Å². The molecular formula is C20H19N3O3. The molecule has 6 heteroatoms. The fourth-order valence-electron chi connectivity index (χ4n) is 3.04. The molecule has 132 valence electrons. The third-order valence-corrected chi connectivity index (χ3v) is 4.32. The molecule has 0 unspecified atom stereocenters. The molecule has 0 saturated carbocycles. The largest absolute Gasteiger partial charge is 0.363 e. The standard InChI is InChI=1S/C20H19N3O3/c1-12-6-5-7-13(2)18(12)22-17(24)11-23-10-15(19(25)20(21)26)14-8-3-4-9-16(14)23/h3-10H,11H2,1-2H3,(H2,21,26)(H,22,24). The summed E-state index contributed by atoms with van der Waals surface area (Å²) in [5.41, 5.74) is 8.74. The molecule has 3 N–H and O–H groups in total. The molecule has 6 nitrogen and oxygen atoms in total. The zero-order chi connectivity index (χ0) is 18.8. The van der Waals surface area contributed by atoms with Crippen LogP contribution in [-0.2, 0) is 16.1 Å². The summed E-state index contributed by atoms with van der Waals surface area (Å²) in [6.45, 7) is 3.87. The van der Waals surface area contributed by atoms with Gasteiger partial charge in [-0.3, -0.25) is 14.4 Å². The second kappa shape index (κ2) is 6.84. The number of nitrogens with zero attached hydrogens (tertiary/aromatic N) is 1. The van der Waals surface area contributed by atoms with E-state index in [0.717, 1.165) is 16.8 Å². The number of benzene rings is 2. The number of anilines is 1. The van der Waals surface area contributed by atoms with Crippen LogP contribution >= 0.6 is 0 Å². The summed E-state index contributed by atoms with van der Waals surface area (Å²) in [6, 6.07) is 12.9. The maximum Gasteiger partial charge on any atom is 0.289 e. The van der Waals surface area contributed by atoms with Crippen LogP contribution in [0.3, 0.4) is 0 Å². The van der Waals surface area contributed by atoms with Crippen molar-refractivity contribution in [3.05, 3.63) is 65.4 Å². The van der Waals surface area contributed by atoms with Crippen LogP contribution in [0.4, 0.5) is 5.69 Å². The van der Waals surface area contributed by atoms with Crippen molar-refractivity contribution in [2.24, 2.45) is 5.73 Å². The Morgan fingerprint density at radius 2 is 1.65 bits per heavy atom. The summed E-state index contributed by atoms with van der Waals surface area (Å²) in [7, 11) is 0. The monoisotopic (exact) mass is 349 g/mol. The van der Waals surface area contributed by atoms with E-state index in [2.05, 4.69) is 5.32 Å². The van der Waals surface area contributed by atoms with Gasteiger partial charge in [-0.15, -0.1) is 0 Å². The molecule has 1 heterocycles. The molecule has 0 spiro atoms. The number of carbonyl (C=O) groups is 3. The van der Waals surface area contributed by atoms with Crippen LogP contribution in [0.15, 0.2) is 48.7 Å². The number of Topliss-reactive ketones (excluding diaryl/α,β-unsaturated/α-hetero) is 1. The minimum absolute atomic E-state index is 0.0142. The van der Waals surface area contributed by atoms with E-state index in [1.807, 2.05) is 32.0 Å². The molecule has 0 atom stereocenters. The van der Waals surface area contributed by atoms with Crippen LogP contribution in [0, 0.1) is 13.8 Å². The fourth-order valence-corrected chi connectivity index (χ4v) is 3.04. The van der Waals surface area contributed by atoms with Gasteiger partial charge in [0.05, 0.1) is 5.56 Å². The predicted molar refractivity (Wildman–Crippen MR) is 100 cm³/mol. The number of primary amides is 1. The average Bonchev–Trinajstić information content (AvgIpc) is 2.96. The molecule has 0 fully saturated rings. The number of fused-ring (bicyclic) bond motifs is 1. The second-order valence-corrected chi connectivity index (χ2v) is 6.20. The van der Waals surface area contributed by atoms with Crippen molar-refractivity contribution in [2.75, 3.05) is 5.32 Å². The molecule has 26 heavy (non-hydrogen) atoms. The Labute approximate surface area is 150 Å². The first-order chi connectivity index (χ1) is 12.4. The molecule has 0 saturated heterocycles. The number of carbonyl (C=O) groups excluding carboxylic acids is 3. The lowest BCUT2D eigenvalue weighted by Crippen LogP contribution is -2.23. The summed E-state index contributed by atoms with van der Waals surface area (Å²) in [6.07, 6.45) is 1.50. The summed E-state index contributed by atoms with van der Waals surface area (Å²) < 4.78 is 1.65. The highest BCUT2D eigenvalue weighted by atomic mass is 16.2. The molecule has 0 aliphatic carbocycles. The highest BCUT2D eigenvalue weighted by Crippen LogP contribution is 2.23. The van der Waals surface area contributed by atoms with E-state index in [0.29, 0.717) is 10.9 Å². The predicted octanol–water partition coefficient (Wildman–Crippen LogP) is 2.56. The summed E-state index contributed by atoms with van der Waals surface area (Å²) >= 11 is 0. The van der Waals surface area contributed by atoms with Crippen molar-refractivity contribution < 1.29 is 14.4 Å². The maximum absolute atomic E-state index is 12.5. The maximum atomic E-state index is 12.5. The van der Waals surface area contributed by atoms with Gasteiger partial charge in [0, 0.05) is 22.8 Å². The minimum atomic E-state index is -1.02. The Kier molecular flexibility index (Phi) is 4.58. The lowest BCUT2D eigenvalue weighted by Gasteiger charge is -2.12. The number of nitrogens with one attached hydrogen (secondary N) is 1. The van der Waals surface area contributed by atoms with Crippen LogP contribution in [0.2, 0.25) is 0 Å². The molecule has 2 amide bonds. The van der Waals surface area contributed by atoms with Crippen LogP contribution < -0.4 is 11.1 Å². The van der Waals surface area contributed by atoms with Crippen molar-refractivity contribution in [1.29, 1.82) is 0 Å². The Hall–Kier alpha value is -3.41. The Morgan fingerprint density at radius 1 is 1.00 bits per heavy atom. The normalized spacial score (nSPS) is 10.7.